The van der Waals surface area contributed by atoms with Crippen LogP contribution in [0.25, 0.3) is 0 Å². The molecule has 2 heteroatoms. The van der Waals surface area contributed by atoms with Gasteiger partial charge in [-0.1, -0.05) is 42.5 Å². The van der Waals surface area contributed by atoms with Crippen molar-refractivity contribution in [2.75, 3.05) is 12.3 Å². The summed E-state index contributed by atoms with van der Waals surface area (Å²) in [6, 6.07) is 17.0. The Morgan fingerprint density at radius 2 is 1.82 bits per heavy atom. The maximum atomic E-state index is 6.05. The molecule has 0 fully saturated rings. The number of hydrogen-bond donors (Lipinski definition) is 2. The molecule has 0 saturated carbocycles. The number of nitrogens with one attached hydrogen (secondary N) is 1. The third-order valence-electron chi connectivity index (χ3n) is 3.42. The summed E-state index contributed by atoms with van der Waals surface area (Å²) in [4.78, 5) is 0. The number of anilines is 1. The normalized spacial score (nSPS) is 18.7. The molecule has 0 saturated heterocycles. The van der Waals surface area contributed by atoms with Crippen molar-refractivity contribution in [1.82, 2.24) is 5.32 Å². The van der Waals surface area contributed by atoms with Gasteiger partial charge in [-0.05, 0) is 29.2 Å². The van der Waals surface area contributed by atoms with E-state index in [2.05, 4.69) is 35.6 Å². The van der Waals surface area contributed by atoms with Gasteiger partial charge in [0.1, 0.15) is 0 Å². The minimum atomic E-state index is 0.281. The fraction of sp³-hybridized carbons (Fsp3) is 0.200. The van der Waals surface area contributed by atoms with E-state index >= 15 is 0 Å². The van der Waals surface area contributed by atoms with Gasteiger partial charge in [0, 0.05) is 12.2 Å². The van der Waals surface area contributed by atoms with E-state index < -0.39 is 0 Å². The van der Waals surface area contributed by atoms with Crippen molar-refractivity contribution in [3.05, 3.63) is 65.2 Å². The van der Waals surface area contributed by atoms with Crippen molar-refractivity contribution in [3.8, 4) is 0 Å². The first-order valence-corrected chi connectivity index (χ1v) is 6.02. The third-order valence-corrected chi connectivity index (χ3v) is 3.42. The third kappa shape index (κ3) is 1.81. The minimum Gasteiger partial charge on any atom is -0.398 e. The predicted molar refractivity (Wildman–Crippen MR) is 70.8 cm³/mol. The lowest BCUT2D eigenvalue weighted by Gasteiger charge is -2.28. The second kappa shape index (κ2) is 4.22. The maximum Gasteiger partial charge on any atom is 0.0580 e. The van der Waals surface area contributed by atoms with Crippen LogP contribution < -0.4 is 11.1 Å². The highest BCUT2D eigenvalue weighted by atomic mass is 14.9. The first kappa shape index (κ1) is 10.4. The standard InChI is InChI=1S/C15H16N2/c16-14-8-4-7-13-12(14)9-10-17-15(13)11-5-2-1-3-6-11/h1-8,15,17H,9-10,16H2. The molecule has 86 valence electrons. The van der Waals surface area contributed by atoms with Gasteiger partial charge in [0.2, 0.25) is 0 Å². The van der Waals surface area contributed by atoms with E-state index in [-0.39, 0.29) is 6.04 Å². The summed E-state index contributed by atoms with van der Waals surface area (Å²) in [6.45, 7) is 0.987. The highest BCUT2D eigenvalue weighted by molar-refractivity contribution is 5.54. The van der Waals surface area contributed by atoms with Crippen molar-refractivity contribution >= 4 is 5.69 Å². The predicted octanol–water partition coefficient (Wildman–Crippen LogP) is 2.50. The van der Waals surface area contributed by atoms with E-state index in [1.807, 2.05) is 18.2 Å². The van der Waals surface area contributed by atoms with E-state index in [0.29, 0.717) is 0 Å². The Hall–Kier alpha value is -1.80. The van der Waals surface area contributed by atoms with E-state index in [1.165, 1.54) is 16.7 Å². The monoisotopic (exact) mass is 224 g/mol. The van der Waals surface area contributed by atoms with Crippen molar-refractivity contribution in [1.29, 1.82) is 0 Å². The molecule has 0 radical (unpaired) electrons. The lowest BCUT2D eigenvalue weighted by molar-refractivity contribution is 0.569. The van der Waals surface area contributed by atoms with Gasteiger partial charge in [-0.15, -0.1) is 0 Å². The quantitative estimate of drug-likeness (QED) is 0.730. The van der Waals surface area contributed by atoms with Crippen molar-refractivity contribution in [2.45, 2.75) is 12.5 Å². The van der Waals surface area contributed by atoms with Gasteiger partial charge in [-0.25, -0.2) is 0 Å². The Labute approximate surface area is 101 Å². The smallest absolute Gasteiger partial charge is 0.0580 e. The molecule has 1 unspecified atom stereocenters. The second-order valence-electron chi connectivity index (χ2n) is 4.46. The number of benzene rings is 2. The molecule has 17 heavy (non-hydrogen) atoms. The molecule has 1 aliphatic heterocycles. The van der Waals surface area contributed by atoms with Crippen LogP contribution in [-0.2, 0) is 6.42 Å². The summed E-state index contributed by atoms with van der Waals surface area (Å²) < 4.78 is 0. The zero-order valence-corrected chi connectivity index (χ0v) is 9.69. The molecule has 2 aromatic rings. The topological polar surface area (TPSA) is 38.0 Å². The summed E-state index contributed by atoms with van der Waals surface area (Å²) in [5.74, 6) is 0. The van der Waals surface area contributed by atoms with Crippen molar-refractivity contribution < 1.29 is 0 Å². The Kier molecular flexibility index (Phi) is 2.57. The van der Waals surface area contributed by atoms with Gasteiger partial charge in [0.05, 0.1) is 6.04 Å². The molecule has 0 bridgehead atoms. The summed E-state index contributed by atoms with van der Waals surface area (Å²) in [5.41, 5.74) is 10.9. The average Bonchev–Trinajstić information content (AvgIpc) is 2.40. The molecule has 1 atom stereocenters. The molecule has 0 aromatic heterocycles. The lowest BCUT2D eigenvalue weighted by Crippen LogP contribution is -2.31. The first-order valence-electron chi connectivity index (χ1n) is 6.02. The van der Waals surface area contributed by atoms with Crippen LogP contribution in [0.3, 0.4) is 0 Å². The fourth-order valence-electron chi connectivity index (χ4n) is 2.58. The molecule has 0 spiro atoms. The maximum absolute atomic E-state index is 6.05. The number of fused-ring (bicyclic) bond motifs is 1. The molecule has 0 aliphatic carbocycles. The summed E-state index contributed by atoms with van der Waals surface area (Å²) >= 11 is 0. The Morgan fingerprint density at radius 1 is 1.00 bits per heavy atom. The van der Waals surface area contributed by atoms with Gasteiger partial charge in [-0.3, -0.25) is 0 Å². The van der Waals surface area contributed by atoms with Crippen molar-refractivity contribution in [3.63, 3.8) is 0 Å². The lowest BCUT2D eigenvalue weighted by atomic mass is 9.89. The first-order chi connectivity index (χ1) is 8.36. The molecule has 1 aliphatic rings. The van der Waals surface area contributed by atoms with Crippen LogP contribution in [-0.4, -0.2) is 6.54 Å². The molecule has 3 rings (SSSR count). The molecule has 2 aromatic carbocycles. The van der Waals surface area contributed by atoms with Crippen LogP contribution in [0.15, 0.2) is 48.5 Å². The Balaban J connectivity index is 2.09. The Bertz CT molecular complexity index is 520. The van der Waals surface area contributed by atoms with Crippen molar-refractivity contribution in [2.24, 2.45) is 0 Å². The van der Waals surface area contributed by atoms with Crippen LogP contribution in [0.1, 0.15) is 22.7 Å². The van der Waals surface area contributed by atoms with Gasteiger partial charge in [-0.2, -0.15) is 0 Å². The largest absolute Gasteiger partial charge is 0.398 e. The summed E-state index contributed by atoms with van der Waals surface area (Å²) in [5, 5.41) is 3.56. The highest BCUT2D eigenvalue weighted by Gasteiger charge is 2.21. The van der Waals surface area contributed by atoms with Crippen LogP contribution >= 0.6 is 0 Å². The van der Waals surface area contributed by atoms with Crippen LogP contribution in [0.4, 0.5) is 5.69 Å². The molecule has 2 nitrogen and oxygen atoms in total. The average molecular weight is 224 g/mol. The van der Waals surface area contributed by atoms with E-state index in [0.717, 1.165) is 18.7 Å². The zero-order chi connectivity index (χ0) is 11.7. The SMILES string of the molecule is Nc1cccc2c1CCNC2c1ccccc1. The number of nitrogens with two attached hydrogens (primary N) is 1. The van der Waals surface area contributed by atoms with Crippen LogP contribution in [0.5, 0.6) is 0 Å². The molecule has 3 N–H and O–H groups in total. The second-order valence-corrected chi connectivity index (χ2v) is 4.46. The van der Waals surface area contributed by atoms with Gasteiger partial charge >= 0.3 is 0 Å². The Morgan fingerprint density at radius 3 is 2.65 bits per heavy atom. The minimum absolute atomic E-state index is 0.281. The molecule has 1 heterocycles. The van der Waals surface area contributed by atoms with Gasteiger partial charge in [0.25, 0.3) is 0 Å². The van der Waals surface area contributed by atoms with E-state index in [1.54, 1.807) is 0 Å². The molecular weight excluding hydrogens is 208 g/mol. The van der Waals surface area contributed by atoms with E-state index in [9.17, 15) is 0 Å². The van der Waals surface area contributed by atoms with E-state index in [4.69, 9.17) is 5.73 Å². The van der Waals surface area contributed by atoms with Gasteiger partial charge in [0.15, 0.2) is 0 Å². The van der Waals surface area contributed by atoms with Crippen LogP contribution in [0.2, 0.25) is 0 Å². The highest BCUT2D eigenvalue weighted by Crippen LogP contribution is 2.31. The number of nitrogen functional groups attached to an aromatic ring is 1. The molecular formula is C15H16N2. The summed E-state index contributed by atoms with van der Waals surface area (Å²) in [7, 11) is 0. The number of rotatable bonds is 1. The number of hydrogen-bond acceptors (Lipinski definition) is 2. The summed E-state index contributed by atoms with van der Waals surface area (Å²) in [6.07, 6.45) is 1.02. The molecule has 0 amide bonds. The van der Waals surface area contributed by atoms with Crippen LogP contribution in [0, 0.1) is 0 Å². The van der Waals surface area contributed by atoms with Gasteiger partial charge < -0.3 is 11.1 Å². The fourth-order valence-corrected chi connectivity index (χ4v) is 2.58. The zero-order valence-electron chi connectivity index (χ0n) is 9.69.